The minimum absolute atomic E-state index is 0.166. The van der Waals surface area contributed by atoms with Gasteiger partial charge in [0.05, 0.1) is 37.6 Å². The summed E-state index contributed by atoms with van der Waals surface area (Å²) in [5.74, 6) is -0.404. The minimum Gasteiger partial charge on any atom is -0.462 e. The molecule has 8 nitrogen and oxygen atoms in total. The number of aromatic nitrogens is 3. The molecule has 0 radical (unpaired) electrons. The van der Waals surface area contributed by atoms with E-state index in [-0.39, 0.29) is 12.2 Å². The molecule has 4 rings (SSSR count). The molecule has 1 saturated heterocycles. The number of fused-ring (bicyclic) bond motifs is 1. The normalized spacial score (nSPS) is 14.9. The second-order valence-corrected chi connectivity index (χ2v) is 6.86. The summed E-state index contributed by atoms with van der Waals surface area (Å²) in [6, 6.07) is 10.7. The van der Waals surface area contributed by atoms with Gasteiger partial charge in [-0.3, -0.25) is 9.69 Å². The van der Waals surface area contributed by atoms with E-state index >= 15 is 0 Å². The van der Waals surface area contributed by atoms with E-state index in [2.05, 4.69) is 10.00 Å². The van der Waals surface area contributed by atoms with Crippen LogP contribution in [0.1, 0.15) is 17.3 Å². The van der Waals surface area contributed by atoms with Crippen LogP contribution in [0.4, 0.5) is 0 Å². The molecule has 8 heteroatoms. The monoisotopic (exact) mass is 396 g/mol. The first-order valence-corrected chi connectivity index (χ1v) is 9.83. The lowest BCUT2D eigenvalue weighted by molar-refractivity contribution is 0.0358. The Balaban J connectivity index is 1.70. The lowest BCUT2D eigenvalue weighted by atomic mass is 10.2. The molecule has 0 aromatic carbocycles. The van der Waals surface area contributed by atoms with Crippen LogP contribution in [0, 0.1) is 0 Å². The Bertz CT molecular complexity index is 1070. The largest absolute Gasteiger partial charge is 0.462 e. The highest BCUT2D eigenvalue weighted by molar-refractivity contribution is 5.98. The lowest BCUT2D eigenvalue weighted by Gasteiger charge is -2.26. The average molecular weight is 396 g/mol. The maximum atomic E-state index is 12.5. The number of hydrogen-bond donors (Lipinski definition) is 0. The van der Waals surface area contributed by atoms with Crippen molar-refractivity contribution < 1.29 is 14.3 Å². The predicted molar refractivity (Wildman–Crippen MR) is 108 cm³/mol. The molecule has 152 valence electrons. The number of esters is 1. The third kappa shape index (κ3) is 4.08. The first-order valence-electron chi connectivity index (χ1n) is 9.83. The van der Waals surface area contributed by atoms with E-state index in [4.69, 9.17) is 9.47 Å². The molecule has 0 N–H and O–H groups in total. The number of morpholine rings is 1. The van der Waals surface area contributed by atoms with Gasteiger partial charge in [-0.1, -0.05) is 6.07 Å². The SMILES string of the molecule is CCOC(=O)c1cc2ccccn2c1-c1ccc(=O)n(CCN2CCOCC2)n1. The summed E-state index contributed by atoms with van der Waals surface area (Å²) in [5.41, 5.74) is 2.31. The number of carbonyl (C=O) groups is 1. The Morgan fingerprint density at radius 3 is 2.79 bits per heavy atom. The molecule has 1 aliphatic heterocycles. The zero-order valence-corrected chi connectivity index (χ0v) is 16.4. The maximum Gasteiger partial charge on any atom is 0.340 e. The van der Waals surface area contributed by atoms with Crippen LogP contribution in [-0.4, -0.2) is 64.5 Å². The van der Waals surface area contributed by atoms with E-state index in [1.807, 2.05) is 28.8 Å². The van der Waals surface area contributed by atoms with E-state index < -0.39 is 5.97 Å². The van der Waals surface area contributed by atoms with Crippen LogP contribution >= 0.6 is 0 Å². The van der Waals surface area contributed by atoms with E-state index in [9.17, 15) is 9.59 Å². The molecular weight excluding hydrogens is 372 g/mol. The van der Waals surface area contributed by atoms with Gasteiger partial charge in [0.15, 0.2) is 0 Å². The fourth-order valence-corrected chi connectivity index (χ4v) is 3.55. The van der Waals surface area contributed by atoms with Crippen LogP contribution < -0.4 is 5.56 Å². The summed E-state index contributed by atoms with van der Waals surface area (Å²) in [7, 11) is 0. The topological polar surface area (TPSA) is 78.1 Å². The maximum absolute atomic E-state index is 12.5. The van der Waals surface area contributed by atoms with Crippen molar-refractivity contribution in [1.29, 1.82) is 0 Å². The van der Waals surface area contributed by atoms with Crippen LogP contribution in [0.3, 0.4) is 0 Å². The van der Waals surface area contributed by atoms with E-state index in [0.29, 0.717) is 36.7 Å². The molecule has 29 heavy (non-hydrogen) atoms. The predicted octanol–water partition coefficient (Wildman–Crippen LogP) is 1.67. The van der Waals surface area contributed by atoms with Crippen LogP contribution in [0.15, 0.2) is 47.4 Å². The molecule has 0 unspecified atom stereocenters. The third-order valence-electron chi connectivity index (χ3n) is 5.02. The van der Waals surface area contributed by atoms with Crippen LogP contribution in [-0.2, 0) is 16.0 Å². The molecule has 3 aromatic rings. The lowest BCUT2D eigenvalue weighted by Crippen LogP contribution is -2.39. The Hall–Kier alpha value is -2.97. The molecule has 0 saturated carbocycles. The highest BCUT2D eigenvalue weighted by Gasteiger charge is 2.21. The molecule has 3 aromatic heterocycles. The van der Waals surface area contributed by atoms with Gasteiger partial charge in [-0.2, -0.15) is 5.10 Å². The Morgan fingerprint density at radius 2 is 2.00 bits per heavy atom. The zero-order valence-electron chi connectivity index (χ0n) is 16.4. The summed E-state index contributed by atoms with van der Waals surface area (Å²) in [5, 5.41) is 4.57. The van der Waals surface area contributed by atoms with E-state index in [1.165, 1.54) is 10.7 Å². The molecule has 1 aliphatic rings. The van der Waals surface area contributed by atoms with Crippen molar-refractivity contribution in [2.45, 2.75) is 13.5 Å². The first kappa shape index (κ1) is 19.4. The first-order chi connectivity index (χ1) is 14.2. The molecule has 0 spiro atoms. The number of hydrogen-bond acceptors (Lipinski definition) is 6. The van der Waals surface area contributed by atoms with Crippen molar-refractivity contribution in [2.75, 3.05) is 39.5 Å². The number of nitrogens with zero attached hydrogens (tertiary/aromatic N) is 4. The standard InChI is InChI=1S/C21H24N4O4/c1-2-29-21(27)17-15-16-5-3-4-8-24(16)20(17)18-6-7-19(26)25(22-18)10-9-23-11-13-28-14-12-23/h3-8,15H,2,9-14H2,1H3. The van der Waals surface area contributed by atoms with Gasteiger partial charge in [0.25, 0.3) is 5.56 Å². The van der Waals surface area contributed by atoms with Crippen molar-refractivity contribution >= 4 is 11.5 Å². The van der Waals surface area contributed by atoms with Crippen LogP contribution in [0.5, 0.6) is 0 Å². The average Bonchev–Trinajstić information content (AvgIpc) is 3.14. The number of pyridine rings is 1. The second-order valence-electron chi connectivity index (χ2n) is 6.86. The van der Waals surface area contributed by atoms with Crippen LogP contribution in [0.2, 0.25) is 0 Å². The molecule has 0 aliphatic carbocycles. The van der Waals surface area contributed by atoms with Crippen molar-refractivity contribution in [2.24, 2.45) is 0 Å². The summed E-state index contributed by atoms with van der Waals surface area (Å²) >= 11 is 0. The molecular formula is C21H24N4O4. The second kappa shape index (κ2) is 8.59. The minimum atomic E-state index is -0.404. The van der Waals surface area contributed by atoms with Gasteiger partial charge in [0.1, 0.15) is 5.69 Å². The van der Waals surface area contributed by atoms with Crippen molar-refractivity contribution in [3.63, 3.8) is 0 Å². The van der Waals surface area contributed by atoms with E-state index in [1.54, 1.807) is 19.1 Å². The fourth-order valence-electron chi connectivity index (χ4n) is 3.55. The van der Waals surface area contributed by atoms with Gasteiger partial charge in [-0.05, 0) is 31.2 Å². The molecule has 0 amide bonds. The quantitative estimate of drug-likeness (QED) is 0.590. The number of carbonyl (C=O) groups excluding carboxylic acids is 1. The van der Waals surface area contributed by atoms with Crippen molar-refractivity contribution in [3.8, 4) is 11.4 Å². The summed E-state index contributed by atoms with van der Waals surface area (Å²) < 4.78 is 14.0. The molecule has 0 bridgehead atoms. The molecule has 4 heterocycles. The molecule has 1 fully saturated rings. The highest BCUT2D eigenvalue weighted by atomic mass is 16.5. The van der Waals surface area contributed by atoms with Crippen LogP contribution in [0.25, 0.3) is 16.9 Å². The van der Waals surface area contributed by atoms with Gasteiger partial charge in [0.2, 0.25) is 0 Å². The smallest absolute Gasteiger partial charge is 0.340 e. The van der Waals surface area contributed by atoms with Gasteiger partial charge in [-0.25, -0.2) is 9.48 Å². The third-order valence-corrected chi connectivity index (χ3v) is 5.02. The Morgan fingerprint density at radius 1 is 1.17 bits per heavy atom. The Kier molecular flexibility index (Phi) is 5.73. The van der Waals surface area contributed by atoms with Gasteiger partial charge >= 0.3 is 5.97 Å². The number of ether oxygens (including phenoxy) is 2. The van der Waals surface area contributed by atoms with Gasteiger partial charge in [-0.15, -0.1) is 0 Å². The zero-order chi connectivity index (χ0) is 20.2. The summed E-state index contributed by atoms with van der Waals surface area (Å²) in [6.07, 6.45) is 1.87. The van der Waals surface area contributed by atoms with E-state index in [0.717, 1.165) is 25.2 Å². The summed E-state index contributed by atoms with van der Waals surface area (Å²) in [6.45, 7) is 6.39. The van der Waals surface area contributed by atoms with Gasteiger partial charge < -0.3 is 13.9 Å². The number of rotatable bonds is 6. The Labute approximate surface area is 168 Å². The van der Waals surface area contributed by atoms with Crippen molar-refractivity contribution in [3.05, 3.63) is 58.5 Å². The fraction of sp³-hybridized carbons (Fsp3) is 0.381. The highest BCUT2D eigenvalue weighted by Crippen LogP contribution is 2.26. The summed E-state index contributed by atoms with van der Waals surface area (Å²) in [4.78, 5) is 27.2. The molecule has 0 atom stereocenters. The van der Waals surface area contributed by atoms with Gasteiger partial charge in [0, 0.05) is 37.4 Å². The van der Waals surface area contributed by atoms with Crippen molar-refractivity contribution in [1.82, 2.24) is 19.1 Å².